The normalized spacial score (nSPS) is 25.4. The molecule has 2 aliphatic rings. The van der Waals surface area contributed by atoms with Crippen LogP contribution in [0.3, 0.4) is 0 Å². The van der Waals surface area contributed by atoms with Gasteiger partial charge in [0.1, 0.15) is 5.41 Å². The summed E-state index contributed by atoms with van der Waals surface area (Å²) in [7, 11) is 1.93. The Labute approximate surface area is 185 Å². The molecule has 0 saturated carbocycles. The lowest BCUT2D eigenvalue weighted by Gasteiger charge is -2.46. The van der Waals surface area contributed by atoms with Gasteiger partial charge in [-0.1, -0.05) is 41.4 Å². The minimum absolute atomic E-state index is 0.0270. The van der Waals surface area contributed by atoms with Crippen LogP contribution < -0.4 is 10.6 Å². The van der Waals surface area contributed by atoms with Gasteiger partial charge in [0.05, 0.1) is 17.4 Å². The number of nitrogens with one attached hydrogen (secondary N) is 2. The minimum Gasteiger partial charge on any atom is -0.325 e. The van der Waals surface area contributed by atoms with E-state index < -0.39 is 5.41 Å². The Morgan fingerprint density at radius 1 is 1.13 bits per heavy atom. The van der Waals surface area contributed by atoms with E-state index in [9.17, 15) is 4.79 Å². The summed E-state index contributed by atoms with van der Waals surface area (Å²) in [6.45, 7) is 2.75. The number of aromatic nitrogens is 2. The summed E-state index contributed by atoms with van der Waals surface area (Å²) in [5, 5.41) is 12.6. The number of piperidine rings is 1. The number of anilines is 1. The molecule has 3 aromatic rings. The second-order valence-corrected chi connectivity index (χ2v) is 9.00. The molecule has 3 atom stereocenters. The van der Waals surface area contributed by atoms with E-state index in [1.165, 1.54) is 0 Å². The number of carbonyl (C=O) groups is 1. The van der Waals surface area contributed by atoms with Crippen molar-refractivity contribution in [3.05, 3.63) is 81.1 Å². The summed E-state index contributed by atoms with van der Waals surface area (Å²) in [5.74, 6) is -0.0825. The van der Waals surface area contributed by atoms with E-state index in [-0.39, 0.29) is 17.9 Å². The molecule has 3 heterocycles. The Morgan fingerprint density at radius 3 is 2.67 bits per heavy atom. The zero-order valence-corrected chi connectivity index (χ0v) is 18.3. The van der Waals surface area contributed by atoms with Crippen LogP contribution in [-0.2, 0) is 17.3 Å². The topological polar surface area (TPSA) is 59.0 Å². The third kappa shape index (κ3) is 2.80. The number of fused-ring (bicyclic) bond motifs is 2. The number of hydrogen-bond donors (Lipinski definition) is 2. The Hall–Kier alpha value is -2.34. The van der Waals surface area contributed by atoms with E-state index in [0.717, 1.165) is 41.2 Å². The molecule has 1 saturated heterocycles. The summed E-state index contributed by atoms with van der Waals surface area (Å²) in [6.07, 6.45) is 0.809. The van der Waals surface area contributed by atoms with Gasteiger partial charge < -0.3 is 10.6 Å². The van der Waals surface area contributed by atoms with Gasteiger partial charge >= 0.3 is 0 Å². The molecular formula is C23H22Cl2N4O. The molecule has 0 radical (unpaired) electrons. The largest absolute Gasteiger partial charge is 0.325 e. The smallest absolute Gasteiger partial charge is 0.237 e. The van der Waals surface area contributed by atoms with Gasteiger partial charge in [-0.05, 0) is 61.3 Å². The molecule has 1 spiro atoms. The van der Waals surface area contributed by atoms with E-state index in [2.05, 4.69) is 27.9 Å². The first-order valence-corrected chi connectivity index (χ1v) is 10.8. The Morgan fingerprint density at radius 2 is 1.93 bits per heavy atom. The summed E-state index contributed by atoms with van der Waals surface area (Å²) in [4.78, 5) is 13.8. The van der Waals surface area contributed by atoms with E-state index >= 15 is 0 Å². The average Bonchev–Trinajstić information content (AvgIpc) is 3.18. The minimum atomic E-state index is -0.844. The molecular weight excluding hydrogens is 419 g/mol. The van der Waals surface area contributed by atoms with Gasteiger partial charge in [0, 0.05) is 28.7 Å². The number of halogens is 2. The highest BCUT2D eigenvalue weighted by Crippen LogP contribution is 2.57. The van der Waals surface area contributed by atoms with Crippen molar-refractivity contribution in [1.29, 1.82) is 0 Å². The summed E-state index contributed by atoms with van der Waals surface area (Å²) >= 11 is 12.6. The maximum Gasteiger partial charge on any atom is 0.237 e. The van der Waals surface area contributed by atoms with Crippen LogP contribution >= 0.6 is 23.2 Å². The molecule has 0 unspecified atom stereocenters. The second kappa shape index (κ2) is 7.12. The highest BCUT2D eigenvalue weighted by Gasteiger charge is 2.60. The van der Waals surface area contributed by atoms with Gasteiger partial charge in [0.25, 0.3) is 0 Å². The van der Waals surface area contributed by atoms with Crippen molar-refractivity contribution in [2.75, 3.05) is 11.9 Å². The van der Waals surface area contributed by atoms with E-state index in [0.29, 0.717) is 10.0 Å². The van der Waals surface area contributed by atoms with E-state index in [4.69, 9.17) is 23.2 Å². The second-order valence-electron chi connectivity index (χ2n) is 8.13. The monoisotopic (exact) mass is 440 g/mol. The van der Waals surface area contributed by atoms with Gasteiger partial charge in [-0.3, -0.25) is 9.48 Å². The molecule has 5 rings (SSSR count). The number of aryl methyl sites for hydroxylation is 2. The quantitative estimate of drug-likeness (QED) is 0.604. The maximum atomic E-state index is 13.8. The van der Waals surface area contributed by atoms with Crippen molar-refractivity contribution < 1.29 is 4.79 Å². The van der Waals surface area contributed by atoms with Crippen molar-refractivity contribution in [2.24, 2.45) is 7.05 Å². The molecule has 30 heavy (non-hydrogen) atoms. The number of carbonyl (C=O) groups excluding carboxylic acids is 1. The summed E-state index contributed by atoms with van der Waals surface area (Å²) < 4.78 is 1.87. The Balaban J connectivity index is 1.79. The predicted molar refractivity (Wildman–Crippen MR) is 119 cm³/mol. The van der Waals surface area contributed by atoms with Crippen LogP contribution in [0.15, 0.2) is 48.5 Å². The predicted octanol–water partition coefficient (Wildman–Crippen LogP) is 4.74. The van der Waals surface area contributed by atoms with Crippen molar-refractivity contribution in [1.82, 2.24) is 15.1 Å². The number of hydrogen-bond acceptors (Lipinski definition) is 3. The first-order valence-electron chi connectivity index (χ1n) is 10.0. The molecule has 2 aromatic carbocycles. The zero-order valence-electron chi connectivity index (χ0n) is 16.7. The number of rotatable bonds is 2. The summed E-state index contributed by atoms with van der Waals surface area (Å²) in [5.41, 5.74) is 3.85. The highest BCUT2D eigenvalue weighted by atomic mass is 35.5. The van der Waals surface area contributed by atoms with Crippen molar-refractivity contribution in [2.45, 2.75) is 30.7 Å². The lowest BCUT2D eigenvalue weighted by molar-refractivity contribution is -0.124. The van der Waals surface area contributed by atoms with Crippen molar-refractivity contribution in [3.63, 3.8) is 0 Å². The molecule has 2 N–H and O–H groups in total. The maximum absolute atomic E-state index is 13.8. The van der Waals surface area contributed by atoms with Gasteiger partial charge in [0.2, 0.25) is 5.91 Å². The van der Waals surface area contributed by atoms with E-state index in [1.54, 1.807) is 0 Å². The van der Waals surface area contributed by atoms with Crippen LogP contribution in [0.5, 0.6) is 0 Å². The fourth-order valence-corrected chi connectivity index (χ4v) is 5.69. The van der Waals surface area contributed by atoms with Gasteiger partial charge in [-0.25, -0.2) is 0 Å². The van der Waals surface area contributed by atoms with Crippen LogP contribution in [0.1, 0.15) is 40.9 Å². The third-order valence-corrected chi connectivity index (χ3v) is 6.89. The fraction of sp³-hybridized carbons (Fsp3) is 0.304. The standard InChI is InChI=1S/C23H22Cl2N4O/c1-13-10-20(29(2)28-13)21-23(18-7-6-16(25)12-19(18)27-22(23)30)17(8-9-26-21)14-4-3-5-15(24)11-14/h3-7,10-12,17,21,26H,8-9H2,1-2H3,(H,27,30)/t17-,21+,23+/m0/s1. The average molecular weight is 441 g/mol. The third-order valence-electron chi connectivity index (χ3n) is 6.42. The number of amides is 1. The molecule has 2 aliphatic heterocycles. The first-order chi connectivity index (χ1) is 14.4. The van der Waals surface area contributed by atoms with Gasteiger partial charge in [-0.15, -0.1) is 0 Å². The van der Waals surface area contributed by atoms with Crippen LogP contribution in [0.4, 0.5) is 5.69 Å². The SMILES string of the molecule is Cc1cc([C@H]2NCC[C@@H](c3cccc(Cl)c3)[C@]23C(=O)Nc2cc(Cl)ccc23)n(C)n1. The molecule has 154 valence electrons. The molecule has 0 bridgehead atoms. The van der Waals surface area contributed by atoms with E-state index in [1.807, 2.05) is 55.1 Å². The van der Waals surface area contributed by atoms with Crippen LogP contribution in [0, 0.1) is 6.92 Å². The Bertz CT molecular complexity index is 1160. The highest BCUT2D eigenvalue weighted by molar-refractivity contribution is 6.31. The molecule has 7 heteroatoms. The molecule has 1 amide bonds. The molecule has 1 aromatic heterocycles. The Kier molecular flexibility index (Phi) is 4.65. The molecule has 1 fully saturated rings. The lowest BCUT2D eigenvalue weighted by atomic mass is 9.60. The number of nitrogens with zero attached hydrogens (tertiary/aromatic N) is 2. The van der Waals surface area contributed by atoms with Crippen LogP contribution in [0.2, 0.25) is 10.0 Å². The van der Waals surface area contributed by atoms with Crippen LogP contribution in [-0.4, -0.2) is 22.2 Å². The number of benzene rings is 2. The molecule has 5 nitrogen and oxygen atoms in total. The van der Waals surface area contributed by atoms with Crippen LogP contribution in [0.25, 0.3) is 0 Å². The zero-order chi connectivity index (χ0) is 21.0. The van der Waals surface area contributed by atoms with Crippen molar-refractivity contribution in [3.8, 4) is 0 Å². The molecule has 0 aliphatic carbocycles. The summed E-state index contributed by atoms with van der Waals surface area (Å²) in [6, 6.07) is 15.3. The van der Waals surface area contributed by atoms with Crippen molar-refractivity contribution >= 4 is 34.8 Å². The first kappa shape index (κ1) is 19.6. The fourth-order valence-electron chi connectivity index (χ4n) is 5.31. The van der Waals surface area contributed by atoms with Gasteiger partial charge in [-0.2, -0.15) is 5.10 Å². The lowest BCUT2D eigenvalue weighted by Crippen LogP contribution is -2.55. The van der Waals surface area contributed by atoms with Gasteiger partial charge in [0.15, 0.2) is 0 Å².